The lowest BCUT2D eigenvalue weighted by Crippen LogP contribution is -2.37. The van der Waals surface area contributed by atoms with Gasteiger partial charge < -0.3 is 24.8 Å². The van der Waals surface area contributed by atoms with Crippen LogP contribution in [0, 0.1) is 0 Å². The molecular formula is C22H23N5O4. The number of amides is 1. The second-order valence-corrected chi connectivity index (χ2v) is 8.76. The Morgan fingerprint density at radius 2 is 2.32 bits per heavy atom. The molecule has 3 aliphatic rings. The van der Waals surface area contributed by atoms with Crippen molar-refractivity contribution < 1.29 is 19.4 Å². The van der Waals surface area contributed by atoms with Gasteiger partial charge in [-0.1, -0.05) is 0 Å². The highest BCUT2D eigenvalue weighted by atomic mass is 16.5. The van der Waals surface area contributed by atoms with Crippen molar-refractivity contribution in [1.29, 1.82) is 0 Å². The number of hydrogen-bond donors (Lipinski definition) is 2. The number of carbonyl (C=O) groups excluding carboxylic acids is 1. The molecule has 2 saturated heterocycles. The fraction of sp³-hybridized carbons (Fsp3) is 0.409. The quantitative estimate of drug-likeness (QED) is 0.660. The van der Waals surface area contributed by atoms with Gasteiger partial charge in [-0.3, -0.25) is 4.79 Å². The normalized spacial score (nSPS) is 26.3. The maximum Gasteiger partial charge on any atom is 0.261 e. The topological polar surface area (TPSA) is 101 Å². The first-order valence-corrected chi connectivity index (χ1v) is 10.5. The lowest BCUT2D eigenvalue weighted by atomic mass is 9.99. The number of fused-ring (bicyclic) bond motifs is 4. The van der Waals surface area contributed by atoms with Gasteiger partial charge in [-0.05, 0) is 25.5 Å². The summed E-state index contributed by atoms with van der Waals surface area (Å²) in [6.45, 7) is 3.28. The Hall–Kier alpha value is -3.17. The molecule has 3 atom stereocenters. The van der Waals surface area contributed by atoms with E-state index >= 15 is 0 Å². The first-order chi connectivity index (χ1) is 15.0. The molecule has 1 unspecified atom stereocenters. The number of carbonyl (C=O) groups is 1. The Labute approximate surface area is 178 Å². The number of nitrogens with zero attached hydrogens (tertiary/aromatic N) is 4. The number of aliphatic hydroxyl groups excluding tert-OH is 1. The summed E-state index contributed by atoms with van der Waals surface area (Å²) in [6.07, 6.45) is 6.71. The third-order valence-corrected chi connectivity index (χ3v) is 6.42. The molecule has 9 heteroatoms. The van der Waals surface area contributed by atoms with Gasteiger partial charge >= 0.3 is 0 Å². The molecule has 0 aliphatic carbocycles. The zero-order valence-electron chi connectivity index (χ0n) is 17.1. The van der Waals surface area contributed by atoms with Crippen molar-refractivity contribution in [1.82, 2.24) is 14.6 Å². The molecule has 9 nitrogen and oxygen atoms in total. The lowest BCUT2D eigenvalue weighted by molar-refractivity contribution is 0.0446. The first-order valence-electron chi connectivity index (χ1n) is 10.5. The second-order valence-electron chi connectivity index (χ2n) is 8.76. The van der Waals surface area contributed by atoms with Crippen LogP contribution in [0.4, 0.5) is 11.4 Å². The van der Waals surface area contributed by atoms with Crippen LogP contribution in [-0.2, 0) is 11.2 Å². The second kappa shape index (κ2) is 6.66. The number of hydrogen-bond acceptors (Lipinski definition) is 7. The van der Waals surface area contributed by atoms with Gasteiger partial charge in [0, 0.05) is 37.0 Å². The van der Waals surface area contributed by atoms with E-state index in [9.17, 15) is 9.90 Å². The predicted octanol–water partition coefficient (Wildman–Crippen LogP) is 1.65. The van der Waals surface area contributed by atoms with E-state index in [-0.39, 0.29) is 24.7 Å². The molecule has 6 rings (SSSR count). The summed E-state index contributed by atoms with van der Waals surface area (Å²) in [5.74, 6) is 0.491. The summed E-state index contributed by atoms with van der Waals surface area (Å²) in [5, 5.41) is 17.1. The van der Waals surface area contributed by atoms with Gasteiger partial charge in [0.1, 0.15) is 16.9 Å². The molecule has 0 saturated carbocycles. The van der Waals surface area contributed by atoms with Gasteiger partial charge in [0.15, 0.2) is 5.65 Å². The third kappa shape index (κ3) is 2.95. The number of rotatable bonds is 4. The fourth-order valence-corrected chi connectivity index (χ4v) is 4.85. The zero-order valence-corrected chi connectivity index (χ0v) is 17.1. The van der Waals surface area contributed by atoms with Crippen molar-refractivity contribution in [3.05, 3.63) is 47.9 Å². The van der Waals surface area contributed by atoms with Crippen LogP contribution in [0.5, 0.6) is 5.75 Å². The number of aliphatic hydroxyl groups is 1. The van der Waals surface area contributed by atoms with Crippen LogP contribution >= 0.6 is 0 Å². The number of nitrogens with one attached hydrogen (secondary N) is 1. The number of benzene rings is 1. The van der Waals surface area contributed by atoms with Crippen molar-refractivity contribution in [2.24, 2.45) is 0 Å². The van der Waals surface area contributed by atoms with Gasteiger partial charge in [-0.2, -0.15) is 5.10 Å². The number of anilines is 2. The highest BCUT2D eigenvalue weighted by molar-refractivity contribution is 6.09. The Bertz CT molecular complexity index is 1190. The summed E-state index contributed by atoms with van der Waals surface area (Å²) in [7, 11) is 0. The minimum absolute atomic E-state index is 0.0744. The van der Waals surface area contributed by atoms with Crippen LogP contribution in [-0.4, -0.2) is 63.1 Å². The molecule has 1 aromatic carbocycles. The Balaban J connectivity index is 1.39. The molecular weight excluding hydrogens is 398 g/mol. The monoisotopic (exact) mass is 421 g/mol. The summed E-state index contributed by atoms with van der Waals surface area (Å²) < 4.78 is 13.4. The van der Waals surface area contributed by atoms with E-state index < -0.39 is 5.60 Å². The van der Waals surface area contributed by atoms with Crippen molar-refractivity contribution in [3.63, 3.8) is 0 Å². The van der Waals surface area contributed by atoms with Crippen molar-refractivity contribution in [2.45, 2.75) is 37.5 Å². The highest BCUT2D eigenvalue weighted by Crippen LogP contribution is 2.44. The summed E-state index contributed by atoms with van der Waals surface area (Å²) in [4.78, 5) is 19.8. The lowest BCUT2D eigenvalue weighted by Gasteiger charge is -2.31. The zero-order chi connectivity index (χ0) is 21.2. The molecule has 1 amide bonds. The van der Waals surface area contributed by atoms with Crippen molar-refractivity contribution in [2.75, 3.05) is 30.0 Å². The van der Waals surface area contributed by atoms with E-state index in [4.69, 9.17) is 9.47 Å². The van der Waals surface area contributed by atoms with Gasteiger partial charge in [0.2, 0.25) is 0 Å². The molecule has 0 spiro atoms. The van der Waals surface area contributed by atoms with Crippen LogP contribution in [0.1, 0.15) is 29.3 Å². The van der Waals surface area contributed by atoms with E-state index in [1.165, 1.54) is 6.20 Å². The average Bonchev–Trinajstić information content (AvgIpc) is 3.54. The van der Waals surface area contributed by atoms with E-state index in [0.717, 1.165) is 35.7 Å². The van der Waals surface area contributed by atoms with Crippen LogP contribution in [0.15, 0.2) is 36.8 Å². The fourth-order valence-electron chi connectivity index (χ4n) is 4.85. The highest BCUT2D eigenvalue weighted by Gasteiger charge is 2.41. The minimum atomic E-state index is -0.651. The smallest absolute Gasteiger partial charge is 0.261 e. The Morgan fingerprint density at radius 1 is 1.42 bits per heavy atom. The van der Waals surface area contributed by atoms with Gasteiger partial charge in [0.25, 0.3) is 5.91 Å². The Morgan fingerprint density at radius 3 is 3.10 bits per heavy atom. The maximum absolute atomic E-state index is 13.2. The van der Waals surface area contributed by atoms with Crippen LogP contribution in [0.3, 0.4) is 0 Å². The van der Waals surface area contributed by atoms with Gasteiger partial charge in [-0.25, -0.2) is 9.50 Å². The summed E-state index contributed by atoms with van der Waals surface area (Å²) in [6, 6.07) is 6.00. The molecule has 5 heterocycles. The molecule has 2 bridgehead atoms. The molecule has 2 aromatic heterocycles. The molecule has 160 valence electrons. The van der Waals surface area contributed by atoms with Crippen LogP contribution in [0.2, 0.25) is 0 Å². The third-order valence-electron chi connectivity index (χ3n) is 6.42. The molecule has 3 aromatic rings. The maximum atomic E-state index is 13.2. The molecule has 31 heavy (non-hydrogen) atoms. The van der Waals surface area contributed by atoms with E-state index in [1.807, 2.05) is 19.1 Å². The molecule has 2 N–H and O–H groups in total. The van der Waals surface area contributed by atoms with Crippen molar-refractivity contribution in [3.8, 4) is 5.75 Å². The molecule has 0 radical (unpaired) electrons. The van der Waals surface area contributed by atoms with Crippen LogP contribution < -0.4 is 15.0 Å². The van der Waals surface area contributed by atoms with Crippen LogP contribution in [0.25, 0.3) is 5.65 Å². The van der Waals surface area contributed by atoms with E-state index in [1.54, 1.807) is 23.0 Å². The van der Waals surface area contributed by atoms with E-state index in [0.29, 0.717) is 24.2 Å². The number of aromatic nitrogens is 3. The summed E-state index contributed by atoms with van der Waals surface area (Å²) in [5.41, 5.74) is 2.87. The number of ether oxygens (including phenoxy) is 2. The van der Waals surface area contributed by atoms with Crippen molar-refractivity contribution >= 4 is 22.9 Å². The first kappa shape index (κ1) is 18.6. The Kier molecular flexibility index (Phi) is 4.00. The summed E-state index contributed by atoms with van der Waals surface area (Å²) >= 11 is 0. The van der Waals surface area contributed by atoms with Gasteiger partial charge in [0.05, 0.1) is 42.9 Å². The number of morpholine rings is 1. The predicted molar refractivity (Wildman–Crippen MR) is 113 cm³/mol. The molecule has 3 aliphatic heterocycles. The SMILES string of the molecule is CC1(CO)Cc2cc(NC(=O)c3cnn4cccnc34)c(N3C[C@@H]4C[C@H]3CO4)cc2O1. The average molecular weight is 421 g/mol. The largest absolute Gasteiger partial charge is 0.484 e. The van der Waals surface area contributed by atoms with E-state index in [2.05, 4.69) is 20.3 Å². The minimum Gasteiger partial charge on any atom is -0.484 e. The molecule has 2 fully saturated rings. The van der Waals surface area contributed by atoms with Gasteiger partial charge in [-0.15, -0.1) is 0 Å². The standard InChI is InChI=1S/C22H23N5O4/c1-22(12-28)8-13-5-17(25-21(29)16-9-24-27-4-2-3-23-20(16)27)18(7-19(13)31-22)26-10-15-6-14(26)11-30-15/h2-5,7,9,14-15,28H,6,8,10-12H2,1H3,(H,25,29)/t14-,15-,22?/m0/s1.